The summed E-state index contributed by atoms with van der Waals surface area (Å²) in [5, 5.41) is 4.34. The number of piperidine rings is 1. The van der Waals surface area contributed by atoms with Crippen molar-refractivity contribution in [1.82, 2.24) is 24.0 Å². The van der Waals surface area contributed by atoms with Gasteiger partial charge in [-0.15, -0.1) is 0 Å². The Morgan fingerprint density at radius 1 is 1.36 bits per heavy atom. The van der Waals surface area contributed by atoms with Crippen molar-refractivity contribution in [2.45, 2.75) is 55.4 Å². The predicted octanol–water partition coefficient (Wildman–Crippen LogP) is 1.75. The SMILES string of the molecule is COCCC1(c2noc(C3CC3)n2)CCCN(S(=O)(=O)c2cn(C)c(C)n2)C1. The summed E-state index contributed by atoms with van der Waals surface area (Å²) in [4.78, 5) is 8.89. The van der Waals surface area contributed by atoms with Crippen molar-refractivity contribution >= 4 is 10.0 Å². The first-order chi connectivity index (χ1) is 13.4. The monoisotopic (exact) mass is 409 g/mol. The zero-order valence-electron chi connectivity index (χ0n) is 16.6. The second-order valence-electron chi connectivity index (χ2n) is 7.93. The lowest BCUT2D eigenvalue weighted by Gasteiger charge is -2.39. The van der Waals surface area contributed by atoms with E-state index in [1.807, 2.05) is 0 Å². The molecule has 0 bridgehead atoms. The van der Waals surface area contributed by atoms with Crippen LogP contribution in [-0.2, 0) is 27.2 Å². The van der Waals surface area contributed by atoms with E-state index in [1.165, 1.54) is 4.31 Å². The van der Waals surface area contributed by atoms with Crippen LogP contribution in [0.4, 0.5) is 0 Å². The van der Waals surface area contributed by atoms with Crippen molar-refractivity contribution in [3.63, 3.8) is 0 Å². The largest absolute Gasteiger partial charge is 0.385 e. The molecule has 9 nitrogen and oxygen atoms in total. The van der Waals surface area contributed by atoms with E-state index >= 15 is 0 Å². The summed E-state index contributed by atoms with van der Waals surface area (Å²) >= 11 is 0. The number of imidazole rings is 1. The number of methoxy groups -OCH3 is 1. The minimum atomic E-state index is -3.69. The Morgan fingerprint density at radius 2 is 2.14 bits per heavy atom. The third kappa shape index (κ3) is 3.48. The summed E-state index contributed by atoms with van der Waals surface area (Å²) < 4.78 is 40.5. The first kappa shape index (κ1) is 19.5. The van der Waals surface area contributed by atoms with E-state index in [1.54, 1.807) is 31.8 Å². The van der Waals surface area contributed by atoms with E-state index < -0.39 is 15.4 Å². The van der Waals surface area contributed by atoms with Gasteiger partial charge in [0, 0.05) is 51.4 Å². The Balaban J connectivity index is 1.65. The molecule has 0 spiro atoms. The molecule has 2 aliphatic rings. The number of aryl methyl sites for hydroxylation is 2. The highest BCUT2D eigenvalue weighted by Crippen LogP contribution is 2.42. The molecule has 1 aliphatic carbocycles. The average molecular weight is 410 g/mol. The fourth-order valence-electron chi connectivity index (χ4n) is 3.82. The van der Waals surface area contributed by atoms with Crippen LogP contribution in [-0.4, -0.2) is 59.2 Å². The number of hydrogen-bond acceptors (Lipinski definition) is 7. The van der Waals surface area contributed by atoms with Crippen LogP contribution in [0.3, 0.4) is 0 Å². The molecule has 3 heterocycles. The van der Waals surface area contributed by atoms with Gasteiger partial charge in [0.15, 0.2) is 10.9 Å². The smallest absolute Gasteiger partial charge is 0.262 e. The molecule has 1 saturated heterocycles. The Labute approximate surface area is 165 Å². The van der Waals surface area contributed by atoms with E-state index in [0.717, 1.165) is 25.7 Å². The summed E-state index contributed by atoms with van der Waals surface area (Å²) in [5.41, 5.74) is -0.512. The summed E-state index contributed by atoms with van der Waals surface area (Å²) in [6, 6.07) is 0. The summed E-state index contributed by atoms with van der Waals surface area (Å²) in [6.45, 7) is 3.05. The molecule has 10 heteroatoms. The molecule has 0 radical (unpaired) electrons. The molecular formula is C18H27N5O4S. The normalized spacial score (nSPS) is 24.0. The molecule has 1 unspecified atom stereocenters. The van der Waals surface area contributed by atoms with Gasteiger partial charge in [-0.1, -0.05) is 5.16 Å². The van der Waals surface area contributed by atoms with Crippen molar-refractivity contribution in [1.29, 1.82) is 0 Å². The predicted molar refractivity (Wildman–Crippen MR) is 100 cm³/mol. The van der Waals surface area contributed by atoms with Crippen LogP contribution in [0.25, 0.3) is 0 Å². The average Bonchev–Trinajstić information content (AvgIpc) is 3.30. The first-order valence-electron chi connectivity index (χ1n) is 9.69. The Morgan fingerprint density at radius 3 is 2.79 bits per heavy atom. The summed E-state index contributed by atoms with van der Waals surface area (Å²) in [6.07, 6.45) is 5.88. The fraction of sp³-hybridized carbons (Fsp3) is 0.722. The summed E-state index contributed by atoms with van der Waals surface area (Å²) in [5.74, 6) is 2.30. The van der Waals surface area contributed by atoms with Gasteiger partial charge in [-0.25, -0.2) is 13.4 Å². The van der Waals surface area contributed by atoms with Crippen molar-refractivity contribution < 1.29 is 17.7 Å². The van der Waals surface area contributed by atoms with E-state index in [2.05, 4.69) is 15.1 Å². The Kier molecular flexibility index (Phi) is 5.05. The maximum Gasteiger partial charge on any atom is 0.262 e. The zero-order chi connectivity index (χ0) is 19.9. The lowest BCUT2D eigenvalue weighted by atomic mass is 9.77. The second kappa shape index (κ2) is 7.23. The van der Waals surface area contributed by atoms with Crippen LogP contribution in [0.1, 0.15) is 55.6 Å². The highest BCUT2D eigenvalue weighted by atomic mass is 32.2. The molecular weight excluding hydrogens is 382 g/mol. The van der Waals surface area contributed by atoms with Gasteiger partial charge in [0.25, 0.3) is 10.0 Å². The number of nitrogens with zero attached hydrogens (tertiary/aromatic N) is 5. The van der Waals surface area contributed by atoms with Crippen molar-refractivity contribution in [3.8, 4) is 0 Å². The van der Waals surface area contributed by atoms with Crippen molar-refractivity contribution in [3.05, 3.63) is 23.7 Å². The van der Waals surface area contributed by atoms with Gasteiger partial charge in [0.05, 0.1) is 0 Å². The highest BCUT2D eigenvalue weighted by Gasteiger charge is 2.45. The zero-order valence-corrected chi connectivity index (χ0v) is 17.4. The van der Waals surface area contributed by atoms with Gasteiger partial charge in [-0.2, -0.15) is 9.29 Å². The number of aromatic nitrogens is 4. The van der Waals surface area contributed by atoms with Gasteiger partial charge in [0.1, 0.15) is 5.82 Å². The molecule has 2 aromatic rings. The van der Waals surface area contributed by atoms with Crippen molar-refractivity contribution in [2.24, 2.45) is 7.05 Å². The van der Waals surface area contributed by atoms with Crippen LogP contribution in [0.15, 0.2) is 15.7 Å². The van der Waals surface area contributed by atoms with Crippen LogP contribution < -0.4 is 0 Å². The molecule has 2 fully saturated rings. The fourth-order valence-corrected chi connectivity index (χ4v) is 5.41. The van der Waals surface area contributed by atoms with Crippen molar-refractivity contribution in [2.75, 3.05) is 26.8 Å². The van der Waals surface area contributed by atoms with Gasteiger partial charge in [-0.05, 0) is 39.0 Å². The molecule has 4 rings (SSSR count). The van der Waals surface area contributed by atoms with Crippen LogP contribution in [0.5, 0.6) is 0 Å². The molecule has 2 aromatic heterocycles. The van der Waals surface area contributed by atoms with Crippen LogP contribution >= 0.6 is 0 Å². The molecule has 1 aliphatic heterocycles. The summed E-state index contributed by atoms with van der Waals surface area (Å²) in [7, 11) is -0.253. The number of ether oxygens (including phenoxy) is 1. The van der Waals surface area contributed by atoms with Gasteiger partial charge >= 0.3 is 0 Å². The molecule has 0 aromatic carbocycles. The maximum absolute atomic E-state index is 13.2. The minimum Gasteiger partial charge on any atom is -0.385 e. The van der Waals surface area contributed by atoms with Gasteiger partial charge < -0.3 is 13.8 Å². The van der Waals surface area contributed by atoms with E-state index in [-0.39, 0.29) is 5.03 Å². The van der Waals surface area contributed by atoms with E-state index in [4.69, 9.17) is 9.26 Å². The third-order valence-electron chi connectivity index (χ3n) is 5.86. The standard InChI is InChI=1S/C18H27N5O4S/c1-13-19-15(11-22(13)2)28(24,25)23-9-4-7-18(12-23,8-10-26-3)17-20-16(27-21-17)14-5-6-14/h11,14H,4-10,12H2,1-3H3. The lowest BCUT2D eigenvalue weighted by Crippen LogP contribution is -2.49. The lowest BCUT2D eigenvalue weighted by molar-refractivity contribution is 0.128. The number of hydrogen-bond donors (Lipinski definition) is 0. The Bertz CT molecular complexity index is 930. The van der Waals surface area contributed by atoms with E-state index in [9.17, 15) is 8.42 Å². The Hall–Kier alpha value is -1.78. The van der Waals surface area contributed by atoms with Crippen LogP contribution in [0, 0.1) is 6.92 Å². The highest BCUT2D eigenvalue weighted by molar-refractivity contribution is 7.89. The first-order valence-corrected chi connectivity index (χ1v) is 11.1. The quantitative estimate of drug-likeness (QED) is 0.686. The third-order valence-corrected chi connectivity index (χ3v) is 7.58. The number of rotatable bonds is 7. The van der Waals surface area contributed by atoms with Crippen LogP contribution in [0.2, 0.25) is 0 Å². The molecule has 0 N–H and O–H groups in total. The van der Waals surface area contributed by atoms with Gasteiger partial charge in [-0.3, -0.25) is 0 Å². The molecule has 1 atom stereocenters. The second-order valence-corrected chi connectivity index (χ2v) is 9.82. The molecule has 28 heavy (non-hydrogen) atoms. The van der Waals surface area contributed by atoms with Gasteiger partial charge in [0.2, 0.25) is 5.89 Å². The molecule has 1 saturated carbocycles. The molecule has 0 amide bonds. The molecule has 154 valence electrons. The maximum atomic E-state index is 13.2. The topological polar surface area (TPSA) is 103 Å². The number of sulfonamides is 1. The minimum absolute atomic E-state index is 0.0850. The van der Waals surface area contributed by atoms with E-state index in [0.29, 0.717) is 49.6 Å².